The molecule has 0 bridgehead atoms. The lowest BCUT2D eigenvalue weighted by atomic mass is 10.1. The van der Waals surface area contributed by atoms with Crippen LogP contribution >= 0.6 is 0 Å². The molecule has 0 aliphatic rings. The van der Waals surface area contributed by atoms with E-state index in [4.69, 9.17) is 9.47 Å². The summed E-state index contributed by atoms with van der Waals surface area (Å²) >= 11 is 0. The van der Waals surface area contributed by atoms with Crippen LogP contribution in [0.5, 0.6) is 11.5 Å². The molecule has 0 spiro atoms. The summed E-state index contributed by atoms with van der Waals surface area (Å²) in [5.41, 5.74) is 2.13. The minimum absolute atomic E-state index is 0.405. The first-order valence-electron chi connectivity index (χ1n) is 6.25. The van der Waals surface area contributed by atoms with Gasteiger partial charge in [0.2, 0.25) is 0 Å². The predicted molar refractivity (Wildman–Crippen MR) is 76.2 cm³/mol. The van der Waals surface area contributed by atoms with Gasteiger partial charge < -0.3 is 9.47 Å². The zero-order valence-corrected chi connectivity index (χ0v) is 11.6. The fraction of sp³-hybridized carbons (Fsp3) is 0.133. The highest BCUT2D eigenvalue weighted by Crippen LogP contribution is 2.38. The maximum Gasteiger partial charge on any atom is 0.173 e. The van der Waals surface area contributed by atoms with Crippen LogP contribution < -0.4 is 9.47 Å². The van der Waals surface area contributed by atoms with Gasteiger partial charge in [-0.2, -0.15) is 10.4 Å². The molecule has 2 heterocycles. The van der Waals surface area contributed by atoms with E-state index >= 15 is 0 Å². The number of ether oxygens (including phenoxy) is 2. The van der Waals surface area contributed by atoms with E-state index < -0.39 is 0 Å². The third kappa shape index (κ3) is 1.96. The van der Waals surface area contributed by atoms with Gasteiger partial charge in [0, 0.05) is 18.0 Å². The summed E-state index contributed by atoms with van der Waals surface area (Å²) in [4.78, 5) is 4.20. The Morgan fingerprint density at radius 1 is 1.19 bits per heavy atom. The lowest BCUT2D eigenvalue weighted by molar-refractivity contribution is 0.356. The first kappa shape index (κ1) is 12.9. The van der Waals surface area contributed by atoms with Crippen LogP contribution in [0.15, 0.2) is 36.7 Å². The fourth-order valence-corrected chi connectivity index (χ4v) is 2.25. The van der Waals surface area contributed by atoms with Gasteiger partial charge in [-0.3, -0.25) is 0 Å². The van der Waals surface area contributed by atoms with Crippen LogP contribution in [0.1, 0.15) is 5.56 Å². The number of fused-ring (bicyclic) bond motifs is 1. The van der Waals surface area contributed by atoms with Crippen molar-refractivity contribution in [2.45, 2.75) is 0 Å². The molecule has 0 radical (unpaired) electrons. The summed E-state index contributed by atoms with van der Waals surface area (Å²) in [6.45, 7) is 0. The van der Waals surface area contributed by atoms with Crippen molar-refractivity contribution in [3.05, 3.63) is 42.2 Å². The predicted octanol–water partition coefficient (Wildman–Crippen LogP) is 2.29. The van der Waals surface area contributed by atoms with Gasteiger partial charge in [0.25, 0.3) is 0 Å². The normalized spacial score (nSPS) is 10.3. The Balaban J connectivity index is 2.33. The molecule has 0 atom stereocenters. The van der Waals surface area contributed by atoms with Crippen molar-refractivity contribution < 1.29 is 9.47 Å². The summed E-state index contributed by atoms with van der Waals surface area (Å²) in [5.74, 6) is 1.13. The average Bonchev–Trinajstić information content (AvgIpc) is 2.92. The monoisotopic (exact) mass is 280 g/mol. The molecule has 0 N–H and O–H groups in total. The van der Waals surface area contributed by atoms with Crippen LogP contribution in [0.25, 0.3) is 16.9 Å². The minimum Gasteiger partial charge on any atom is -0.493 e. The van der Waals surface area contributed by atoms with Gasteiger partial charge in [-0.1, -0.05) is 6.07 Å². The van der Waals surface area contributed by atoms with E-state index in [0.29, 0.717) is 34.0 Å². The molecule has 0 fully saturated rings. The molecule has 0 amide bonds. The highest BCUT2D eigenvalue weighted by molar-refractivity contribution is 5.80. The SMILES string of the molecule is COc1cccc(-c2nn3cccnc3c2C#N)c1OC. The van der Waals surface area contributed by atoms with Gasteiger partial charge in [0.1, 0.15) is 17.3 Å². The maximum atomic E-state index is 9.44. The van der Waals surface area contributed by atoms with Crippen molar-refractivity contribution in [3.63, 3.8) is 0 Å². The van der Waals surface area contributed by atoms with Crippen molar-refractivity contribution in [2.75, 3.05) is 14.2 Å². The molecule has 0 aliphatic heterocycles. The van der Waals surface area contributed by atoms with Crippen LogP contribution in [-0.4, -0.2) is 28.8 Å². The van der Waals surface area contributed by atoms with Crippen LogP contribution in [0.4, 0.5) is 0 Å². The largest absolute Gasteiger partial charge is 0.493 e. The van der Waals surface area contributed by atoms with E-state index in [1.54, 1.807) is 43.3 Å². The average molecular weight is 280 g/mol. The molecular weight excluding hydrogens is 268 g/mol. The zero-order valence-electron chi connectivity index (χ0n) is 11.6. The highest BCUT2D eigenvalue weighted by Gasteiger charge is 2.20. The van der Waals surface area contributed by atoms with Crippen molar-refractivity contribution in [1.82, 2.24) is 14.6 Å². The second-order valence-corrected chi connectivity index (χ2v) is 4.26. The topological polar surface area (TPSA) is 72.4 Å². The molecule has 1 aromatic carbocycles. The van der Waals surface area contributed by atoms with E-state index in [-0.39, 0.29) is 0 Å². The summed E-state index contributed by atoms with van der Waals surface area (Å²) < 4.78 is 12.3. The van der Waals surface area contributed by atoms with Crippen molar-refractivity contribution >= 4 is 5.65 Å². The highest BCUT2D eigenvalue weighted by atomic mass is 16.5. The Labute approximate surface area is 121 Å². The molecule has 21 heavy (non-hydrogen) atoms. The number of hydrogen-bond donors (Lipinski definition) is 0. The Bertz CT molecular complexity index is 848. The maximum absolute atomic E-state index is 9.44. The Morgan fingerprint density at radius 3 is 2.76 bits per heavy atom. The van der Waals surface area contributed by atoms with Crippen molar-refractivity contribution in [3.8, 4) is 28.8 Å². The van der Waals surface area contributed by atoms with Crippen LogP contribution in [0, 0.1) is 11.3 Å². The summed E-state index contributed by atoms with van der Waals surface area (Å²) in [7, 11) is 3.12. The van der Waals surface area contributed by atoms with Crippen molar-refractivity contribution in [2.24, 2.45) is 0 Å². The third-order valence-electron chi connectivity index (χ3n) is 3.17. The van der Waals surface area contributed by atoms with Gasteiger partial charge in [-0.05, 0) is 18.2 Å². The van der Waals surface area contributed by atoms with Gasteiger partial charge in [0.05, 0.1) is 14.2 Å². The van der Waals surface area contributed by atoms with E-state index in [2.05, 4.69) is 16.2 Å². The van der Waals surface area contributed by atoms with Gasteiger partial charge in [-0.25, -0.2) is 9.50 Å². The van der Waals surface area contributed by atoms with Gasteiger partial charge in [-0.15, -0.1) is 0 Å². The Kier molecular flexibility index (Phi) is 3.16. The quantitative estimate of drug-likeness (QED) is 0.736. The molecule has 3 rings (SSSR count). The lowest BCUT2D eigenvalue weighted by Crippen LogP contribution is -1.94. The molecule has 6 heteroatoms. The molecule has 0 saturated heterocycles. The second kappa shape index (κ2) is 5.13. The first-order chi connectivity index (χ1) is 10.3. The standard InChI is InChI=1S/C15H12N4O2/c1-20-12-6-3-5-10(14(12)21-2)13-11(9-16)15-17-7-4-8-19(15)18-13/h3-8H,1-2H3. The number of aromatic nitrogens is 3. The Hall–Kier alpha value is -3.07. The lowest BCUT2D eigenvalue weighted by Gasteiger charge is -2.10. The minimum atomic E-state index is 0.405. The molecule has 0 aliphatic carbocycles. The first-order valence-corrected chi connectivity index (χ1v) is 6.25. The van der Waals surface area contributed by atoms with Gasteiger partial charge >= 0.3 is 0 Å². The van der Waals surface area contributed by atoms with Gasteiger partial charge in [0.15, 0.2) is 17.1 Å². The van der Waals surface area contributed by atoms with E-state index in [1.807, 2.05) is 12.1 Å². The molecule has 0 saturated carbocycles. The Morgan fingerprint density at radius 2 is 2.05 bits per heavy atom. The number of rotatable bonds is 3. The molecule has 2 aromatic heterocycles. The van der Waals surface area contributed by atoms with Crippen LogP contribution in [0.3, 0.4) is 0 Å². The number of methoxy groups -OCH3 is 2. The fourth-order valence-electron chi connectivity index (χ4n) is 2.25. The third-order valence-corrected chi connectivity index (χ3v) is 3.17. The van der Waals surface area contributed by atoms with E-state index in [1.165, 1.54) is 0 Å². The number of hydrogen-bond acceptors (Lipinski definition) is 5. The van der Waals surface area contributed by atoms with E-state index in [0.717, 1.165) is 0 Å². The zero-order chi connectivity index (χ0) is 14.8. The molecule has 104 valence electrons. The number of benzene rings is 1. The summed E-state index contributed by atoms with van der Waals surface area (Å²) in [5, 5.41) is 13.9. The number of para-hydroxylation sites is 1. The number of nitrogens with zero attached hydrogens (tertiary/aromatic N) is 4. The van der Waals surface area contributed by atoms with Crippen LogP contribution in [0.2, 0.25) is 0 Å². The van der Waals surface area contributed by atoms with E-state index in [9.17, 15) is 5.26 Å². The van der Waals surface area contributed by atoms with Crippen LogP contribution in [-0.2, 0) is 0 Å². The molecule has 0 unspecified atom stereocenters. The molecule has 3 aromatic rings. The number of nitriles is 1. The summed E-state index contributed by atoms with van der Waals surface area (Å²) in [6, 6.07) is 9.38. The smallest absolute Gasteiger partial charge is 0.173 e. The van der Waals surface area contributed by atoms with Crippen molar-refractivity contribution in [1.29, 1.82) is 5.26 Å². The molecular formula is C15H12N4O2. The second-order valence-electron chi connectivity index (χ2n) is 4.26. The summed E-state index contributed by atoms with van der Waals surface area (Å²) in [6.07, 6.45) is 3.38. The molecule has 6 nitrogen and oxygen atoms in total.